The van der Waals surface area contributed by atoms with Crippen LogP contribution in [0.3, 0.4) is 0 Å². The molecule has 0 fully saturated rings. The van der Waals surface area contributed by atoms with Gasteiger partial charge in [-0.3, -0.25) is 4.79 Å². The molecule has 294 valence electrons. The Morgan fingerprint density at radius 1 is 0.589 bits per heavy atom. The number of esters is 4. The SMILES string of the molecule is O=C[C@H](OC(=O)c1cc(O)c(O)c(O)c1)[C@@H](OC(=O)c1cc(O)c(O)c(O)c1)[C@H]1OC(=O)c2cc(O)c(O)c(O)c2-c2c(cc(O)c(O)c2O)C(=O)OC[C@H]1O. The molecule has 0 unspecified atom stereocenters. The molecule has 0 aliphatic carbocycles. The minimum atomic E-state index is -2.61. The largest absolute Gasteiger partial charge is 0.504 e. The van der Waals surface area contributed by atoms with Crippen molar-refractivity contribution in [1.82, 2.24) is 0 Å². The molecule has 1 aliphatic rings. The molecule has 0 amide bonds. The number of fused-ring (bicyclic) bond motifs is 3. The third-order valence-corrected chi connectivity index (χ3v) is 8.08. The van der Waals surface area contributed by atoms with Gasteiger partial charge in [0.25, 0.3) is 0 Å². The maximum atomic E-state index is 13.9. The number of phenolic OH excluding ortho intramolecular Hbond substituents is 12. The summed E-state index contributed by atoms with van der Waals surface area (Å²) in [5.74, 6) is -21.2. The molecule has 1 heterocycles. The van der Waals surface area contributed by atoms with Crippen LogP contribution in [-0.2, 0) is 23.7 Å². The van der Waals surface area contributed by atoms with Crippen LogP contribution in [-0.4, -0.2) is 128 Å². The van der Waals surface area contributed by atoms with Crippen LogP contribution < -0.4 is 0 Å². The fraction of sp³-hybridized carbons (Fsp3) is 0.147. The van der Waals surface area contributed by atoms with E-state index in [1.165, 1.54) is 0 Å². The zero-order chi connectivity index (χ0) is 41.5. The molecule has 22 heteroatoms. The van der Waals surface area contributed by atoms with Gasteiger partial charge in [0.2, 0.25) is 11.5 Å². The predicted octanol–water partition coefficient (Wildman–Crippen LogP) is 0.528. The summed E-state index contributed by atoms with van der Waals surface area (Å²) in [6.45, 7) is -1.33. The van der Waals surface area contributed by atoms with Crippen LogP contribution in [0.2, 0.25) is 0 Å². The minimum Gasteiger partial charge on any atom is -0.504 e. The first-order valence-corrected chi connectivity index (χ1v) is 15.3. The molecule has 0 bridgehead atoms. The smallest absolute Gasteiger partial charge is 0.339 e. The number of carbonyl (C=O) groups excluding carboxylic acids is 5. The van der Waals surface area contributed by atoms with Gasteiger partial charge in [-0.05, 0) is 36.4 Å². The molecular weight excluding hydrogens is 760 g/mol. The number of benzene rings is 4. The number of aliphatic hydroxyl groups is 1. The second-order valence-electron chi connectivity index (χ2n) is 11.7. The first-order valence-electron chi connectivity index (χ1n) is 15.3. The van der Waals surface area contributed by atoms with Crippen LogP contribution in [0.25, 0.3) is 11.1 Å². The van der Waals surface area contributed by atoms with Crippen LogP contribution in [0.4, 0.5) is 0 Å². The third kappa shape index (κ3) is 7.04. The molecule has 22 nitrogen and oxygen atoms in total. The van der Waals surface area contributed by atoms with Gasteiger partial charge < -0.3 is 85.3 Å². The summed E-state index contributed by atoms with van der Waals surface area (Å²) in [6.07, 6.45) is -10.4. The lowest BCUT2D eigenvalue weighted by atomic mass is 9.92. The monoisotopic (exact) mass is 786 g/mol. The Balaban J connectivity index is 1.69. The van der Waals surface area contributed by atoms with E-state index in [1.54, 1.807) is 0 Å². The average molecular weight is 787 g/mol. The van der Waals surface area contributed by atoms with Gasteiger partial charge in [-0.2, -0.15) is 0 Å². The van der Waals surface area contributed by atoms with Crippen molar-refractivity contribution in [3.63, 3.8) is 0 Å². The van der Waals surface area contributed by atoms with Gasteiger partial charge in [0, 0.05) is 11.1 Å². The average Bonchev–Trinajstić information content (AvgIpc) is 3.16. The van der Waals surface area contributed by atoms with E-state index >= 15 is 0 Å². The van der Waals surface area contributed by atoms with Crippen LogP contribution >= 0.6 is 0 Å². The molecule has 4 atom stereocenters. The van der Waals surface area contributed by atoms with Crippen LogP contribution in [0.1, 0.15) is 41.4 Å². The summed E-state index contributed by atoms with van der Waals surface area (Å²) in [5, 5.41) is 133. The van der Waals surface area contributed by atoms with Crippen molar-refractivity contribution in [2.75, 3.05) is 6.61 Å². The van der Waals surface area contributed by atoms with Gasteiger partial charge in [0.1, 0.15) is 12.7 Å². The van der Waals surface area contributed by atoms with Gasteiger partial charge in [-0.25, -0.2) is 19.2 Å². The quantitative estimate of drug-likeness (QED) is 0.0525. The molecule has 4 aromatic carbocycles. The van der Waals surface area contributed by atoms with Gasteiger partial charge in [-0.15, -0.1) is 0 Å². The summed E-state index contributed by atoms with van der Waals surface area (Å²) in [5.41, 5.74) is -5.74. The van der Waals surface area contributed by atoms with Crippen molar-refractivity contribution in [2.24, 2.45) is 0 Å². The Morgan fingerprint density at radius 2 is 0.982 bits per heavy atom. The fourth-order valence-electron chi connectivity index (χ4n) is 5.32. The first-order chi connectivity index (χ1) is 26.3. The van der Waals surface area contributed by atoms with E-state index in [9.17, 15) is 90.4 Å². The van der Waals surface area contributed by atoms with E-state index < -0.39 is 157 Å². The van der Waals surface area contributed by atoms with Gasteiger partial charge >= 0.3 is 23.9 Å². The van der Waals surface area contributed by atoms with E-state index in [-0.39, 0.29) is 6.29 Å². The second kappa shape index (κ2) is 14.8. The molecule has 0 radical (unpaired) electrons. The molecule has 0 saturated carbocycles. The number of phenols is 12. The number of carbonyl (C=O) groups is 5. The zero-order valence-electron chi connectivity index (χ0n) is 27.5. The number of hydrogen-bond acceptors (Lipinski definition) is 22. The first kappa shape index (κ1) is 39.2. The number of hydrogen-bond donors (Lipinski definition) is 13. The molecule has 0 saturated heterocycles. The second-order valence-corrected chi connectivity index (χ2v) is 11.7. The Bertz CT molecular complexity index is 2270. The zero-order valence-corrected chi connectivity index (χ0v) is 27.5. The Morgan fingerprint density at radius 3 is 1.41 bits per heavy atom. The fourth-order valence-corrected chi connectivity index (χ4v) is 5.32. The Hall–Kier alpha value is -8.01. The summed E-state index contributed by atoms with van der Waals surface area (Å²) in [4.78, 5) is 66.4. The van der Waals surface area contributed by atoms with E-state index in [2.05, 4.69) is 0 Å². The van der Waals surface area contributed by atoms with E-state index in [1.807, 2.05) is 0 Å². The Kier molecular flexibility index (Phi) is 10.4. The van der Waals surface area contributed by atoms with E-state index in [4.69, 9.17) is 18.9 Å². The van der Waals surface area contributed by atoms with Crippen molar-refractivity contribution >= 4 is 30.2 Å². The molecule has 0 spiro atoms. The number of aliphatic hydroxyl groups excluding tert-OH is 1. The molecule has 13 N–H and O–H groups in total. The van der Waals surface area contributed by atoms with Gasteiger partial charge in [0.05, 0.1) is 22.3 Å². The maximum Gasteiger partial charge on any atom is 0.339 e. The third-order valence-electron chi connectivity index (χ3n) is 8.08. The van der Waals surface area contributed by atoms with Crippen LogP contribution in [0.5, 0.6) is 69.0 Å². The van der Waals surface area contributed by atoms with Crippen molar-refractivity contribution < 1.29 is 109 Å². The van der Waals surface area contributed by atoms with Crippen molar-refractivity contribution in [3.8, 4) is 80.1 Å². The number of rotatable bonds is 7. The van der Waals surface area contributed by atoms with Crippen molar-refractivity contribution in [1.29, 1.82) is 0 Å². The van der Waals surface area contributed by atoms with Crippen LogP contribution in [0, 0.1) is 0 Å². The van der Waals surface area contributed by atoms with E-state index in [0.717, 1.165) is 0 Å². The number of aromatic hydroxyl groups is 12. The molecule has 5 rings (SSSR count). The van der Waals surface area contributed by atoms with Crippen LogP contribution in [0.15, 0.2) is 36.4 Å². The molecule has 0 aromatic heterocycles. The predicted molar refractivity (Wildman–Crippen MR) is 175 cm³/mol. The topological polar surface area (TPSA) is 385 Å². The lowest BCUT2D eigenvalue weighted by Gasteiger charge is -2.32. The highest BCUT2D eigenvalue weighted by atomic mass is 16.6. The van der Waals surface area contributed by atoms with Crippen molar-refractivity contribution in [2.45, 2.75) is 24.4 Å². The maximum absolute atomic E-state index is 13.9. The minimum absolute atomic E-state index is 0.261. The normalized spacial score (nSPS) is 16.4. The summed E-state index contributed by atoms with van der Waals surface area (Å²) >= 11 is 0. The van der Waals surface area contributed by atoms with Crippen molar-refractivity contribution in [3.05, 3.63) is 58.7 Å². The highest BCUT2D eigenvalue weighted by molar-refractivity contribution is 6.08. The number of cyclic esters (lactones) is 2. The van der Waals surface area contributed by atoms with Gasteiger partial charge in [-0.1, -0.05) is 0 Å². The molecule has 56 heavy (non-hydrogen) atoms. The number of ether oxygens (including phenoxy) is 4. The lowest BCUT2D eigenvalue weighted by Crippen LogP contribution is -2.52. The van der Waals surface area contributed by atoms with Gasteiger partial charge in [0.15, 0.2) is 82.1 Å². The number of aldehydes is 1. The lowest BCUT2D eigenvalue weighted by molar-refractivity contribution is -0.141. The molecular formula is C34H26O22. The molecule has 4 aromatic rings. The highest BCUT2D eigenvalue weighted by Gasteiger charge is 2.45. The standard InChI is InChI=1S/C34H26O22/c35-7-20(54-31(49)9-1-13(36)23(43)14(37)2-9)30(56-32(50)10-3-15(38)24(44)16(39)4-10)29-19(42)8-53-33(51)11-5-17(40)25(45)27(47)21(11)22-12(34(52)55-29)6-18(41)26(46)28(22)48/h1-7,19-20,29-30,36-48H,8H2/t19-,20+,29+,30-/m1/s1. The summed E-state index contributed by atoms with van der Waals surface area (Å²) in [6, 6.07) is 3.03. The highest BCUT2D eigenvalue weighted by Crippen LogP contribution is 2.53. The Labute approximate surface area is 309 Å². The summed E-state index contributed by atoms with van der Waals surface area (Å²) in [7, 11) is 0. The molecule has 1 aliphatic heterocycles. The van der Waals surface area contributed by atoms with E-state index in [0.29, 0.717) is 36.4 Å². The summed E-state index contributed by atoms with van der Waals surface area (Å²) < 4.78 is 20.8.